The third-order valence-corrected chi connectivity index (χ3v) is 4.70. The van der Waals surface area contributed by atoms with Crippen LogP contribution in [0, 0.1) is 6.92 Å². The molecule has 0 radical (unpaired) electrons. The molecule has 4 nitrogen and oxygen atoms in total. The van der Waals surface area contributed by atoms with Crippen molar-refractivity contribution in [2.24, 2.45) is 0 Å². The first-order valence-electron chi connectivity index (χ1n) is 6.53. The highest BCUT2D eigenvalue weighted by Crippen LogP contribution is 2.12. The van der Waals surface area contributed by atoms with E-state index in [1.165, 1.54) is 5.57 Å². The number of nitrogens with one attached hydrogen (secondary N) is 2. The second kappa shape index (κ2) is 6.32. The van der Waals surface area contributed by atoms with E-state index in [0.29, 0.717) is 11.4 Å². The van der Waals surface area contributed by atoms with E-state index in [0.717, 1.165) is 31.5 Å². The lowest BCUT2D eigenvalue weighted by Crippen LogP contribution is -2.26. The normalized spacial score (nSPS) is 16.2. The minimum absolute atomic E-state index is 0.331. The van der Waals surface area contributed by atoms with Crippen LogP contribution in [0.1, 0.15) is 18.4 Å². The zero-order chi connectivity index (χ0) is 13.7. The molecule has 0 saturated carbocycles. The maximum Gasteiger partial charge on any atom is 0.240 e. The summed E-state index contributed by atoms with van der Waals surface area (Å²) in [6.07, 6.45) is 3.93. The lowest BCUT2D eigenvalue weighted by atomic mass is 10.1. The molecule has 104 valence electrons. The third-order valence-electron chi connectivity index (χ3n) is 3.23. The predicted molar refractivity (Wildman–Crippen MR) is 76.6 cm³/mol. The van der Waals surface area contributed by atoms with Gasteiger partial charge in [-0.2, -0.15) is 0 Å². The van der Waals surface area contributed by atoms with Gasteiger partial charge in [-0.15, -0.1) is 0 Å². The van der Waals surface area contributed by atoms with Gasteiger partial charge in [0.1, 0.15) is 0 Å². The predicted octanol–water partition coefficient (Wildman–Crippen LogP) is 1.58. The van der Waals surface area contributed by atoms with Gasteiger partial charge in [-0.1, -0.05) is 29.3 Å². The Morgan fingerprint density at radius 1 is 1.26 bits per heavy atom. The summed E-state index contributed by atoms with van der Waals surface area (Å²) in [5.41, 5.74) is 2.38. The van der Waals surface area contributed by atoms with Crippen molar-refractivity contribution in [3.05, 3.63) is 41.5 Å². The largest absolute Gasteiger partial charge is 0.313 e. The van der Waals surface area contributed by atoms with Gasteiger partial charge in [0.05, 0.1) is 4.90 Å². The van der Waals surface area contributed by atoms with E-state index in [1.54, 1.807) is 12.1 Å². The van der Waals surface area contributed by atoms with Crippen molar-refractivity contribution in [3.63, 3.8) is 0 Å². The van der Waals surface area contributed by atoms with Gasteiger partial charge in [0.15, 0.2) is 0 Å². The Morgan fingerprint density at radius 2 is 2.00 bits per heavy atom. The summed E-state index contributed by atoms with van der Waals surface area (Å²) in [5.74, 6) is 0. The van der Waals surface area contributed by atoms with Crippen molar-refractivity contribution in [3.8, 4) is 0 Å². The summed E-state index contributed by atoms with van der Waals surface area (Å²) in [6, 6.07) is 6.90. The monoisotopic (exact) mass is 280 g/mol. The molecule has 1 aliphatic heterocycles. The van der Waals surface area contributed by atoms with Gasteiger partial charge in [0.2, 0.25) is 10.0 Å². The summed E-state index contributed by atoms with van der Waals surface area (Å²) >= 11 is 0. The summed E-state index contributed by atoms with van der Waals surface area (Å²) in [5, 5.41) is 3.24. The zero-order valence-corrected chi connectivity index (χ0v) is 12.0. The lowest BCUT2D eigenvalue weighted by molar-refractivity contribution is 0.580. The molecule has 1 aliphatic rings. The van der Waals surface area contributed by atoms with E-state index in [9.17, 15) is 8.42 Å². The molecule has 0 fully saturated rings. The molecular formula is C14H20N2O2S. The summed E-state index contributed by atoms with van der Waals surface area (Å²) < 4.78 is 26.7. The topological polar surface area (TPSA) is 58.2 Å². The van der Waals surface area contributed by atoms with Crippen LogP contribution in [0.5, 0.6) is 0 Å². The molecule has 1 heterocycles. The molecule has 1 aromatic rings. The highest BCUT2D eigenvalue weighted by molar-refractivity contribution is 7.89. The van der Waals surface area contributed by atoms with Gasteiger partial charge in [-0.3, -0.25) is 0 Å². The highest BCUT2D eigenvalue weighted by Gasteiger charge is 2.13. The number of hydrogen-bond donors (Lipinski definition) is 2. The fourth-order valence-electron chi connectivity index (χ4n) is 2.04. The van der Waals surface area contributed by atoms with Crippen LogP contribution in [0.3, 0.4) is 0 Å². The molecule has 0 atom stereocenters. The summed E-state index contributed by atoms with van der Waals surface area (Å²) in [6.45, 7) is 4.27. The summed E-state index contributed by atoms with van der Waals surface area (Å²) in [7, 11) is -3.37. The van der Waals surface area contributed by atoms with E-state index in [2.05, 4.69) is 16.1 Å². The number of hydrogen-bond acceptors (Lipinski definition) is 3. The van der Waals surface area contributed by atoms with E-state index in [4.69, 9.17) is 0 Å². The Kier molecular flexibility index (Phi) is 4.74. The minimum Gasteiger partial charge on any atom is -0.313 e. The Bertz CT molecular complexity index is 547. The van der Waals surface area contributed by atoms with Gasteiger partial charge in [-0.05, 0) is 38.4 Å². The van der Waals surface area contributed by atoms with Crippen molar-refractivity contribution in [1.29, 1.82) is 0 Å². The Balaban J connectivity index is 1.90. The van der Waals surface area contributed by atoms with E-state index in [-0.39, 0.29) is 0 Å². The molecule has 2 N–H and O–H groups in total. The molecule has 19 heavy (non-hydrogen) atoms. The summed E-state index contributed by atoms with van der Waals surface area (Å²) in [4.78, 5) is 0.331. The van der Waals surface area contributed by atoms with Gasteiger partial charge in [0.25, 0.3) is 0 Å². The second-order valence-corrected chi connectivity index (χ2v) is 6.54. The van der Waals surface area contributed by atoms with Crippen LogP contribution < -0.4 is 10.0 Å². The Morgan fingerprint density at radius 3 is 2.63 bits per heavy atom. The molecular weight excluding hydrogens is 260 g/mol. The van der Waals surface area contributed by atoms with Crippen molar-refractivity contribution in [2.45, 2.75) is 24.7 Å². The van der Waals surface area contributed by atoms with E-state index in [1.807, 2.05) is 19.1 Å². The minimum atomic E-state index is -3.37. The van der Waals surface area contributed by atoms with Crippen molar-refractivity contribution >= 4 is 10.0 Å². The van der Waals surface area contributed by atoms with Crippen LogP contribution >= 0.6 is 0 Å². The molecule has 0 aliphatic carbocycles. The fraction of sp³-hybridized carbons (Fsp3) is 0.429. The number of benzene rings is 1. The number of sulfonamides is 1. The molecule has 2 rings (SSSR count). The lowest BCUT2D eigenvalue weighted by Gasteiger charge is -2.14. The van der Waals surface area contributed by atoms with Gasteiger partial charge in [0, 0.05) is 13.1 Å². The van der Waals surface area contributed by atoms with Crippen LogP contribution in [0.15, 0.2) is 40.8 Å². The number of rotatable bonds is 5. The molecule has 1 aromatic carbocycles. The Labute approximate surface area is 115 Å². The quantitative estimate of drug-likeness (QED) is 0.805. The smallest absolute Gasteiger partial charge is 0.240 e. The first-order valence-corrected chi connectivity index (χ1v) is 8.01. The van der Waals surface area contributed by atoms with Gasteiger partial charge >= 0.3 is 0 Å². The standard InChI is InChI=1S/C14H20N2O2S/c1-12-2-4-14(5-3-12)19(17,18)16-11-8-13-6-9-15-10-7-13/h2-6,15-16H,7-11H2,1H3. The maximum atomic E-state index is 12.0. The maximum absolute atomic E-state index is 12.0. The van der Waals surface area contributed by atoms with E-state index >= 15 is 0 Å². The average Bonchev–Trinajstić information content (AvgIpc) is 2.40. The molecule has 0 unspecified atom stereocenters. The van der Waals surface area contributed by atoms with Crippen molar-refractivity contribution < 1.29 is 8.42 Å². The Hall–Kier alpha value is -1.17. The second-order valence-electron chi connectivity index (χ2n) is 4.78. The average molecular weight is 280 g/mol. The van der Waals surface area contributed by atoms with Gasteiger partial charge in [-0.25, -0.2) is 13.1 Å². The molecule has 0 amide bonds. The first-order chi connectivity index (χ1) is 9.08. The van der Waals surface area contributed by atoms with Gasteiger partial charge < -0.3 is 5.32 Å². The van der Waals surface area contributed by atoms with E-state index < -0.39 is 10.0 Å². The number of aryl methyl sites for hydroxylation is 1. The SMILES string of the molecule is Cc1ccc(S(=O)(=O)NCCC2=CCNCC2)cc1. The van der Waals surface area contributed by atoms with Crippen molar-refractivity contribution in [1.82, 2.24) is 10.0 Å². The van der Waals surface area contributed by atoms with Crippen LogP contribution in [0.2, 0.25) is 0 Å². The van der Waals surface area contributed by atoms with Crippen LogP contribution in [-0.4, -0.2) is 28.1 Å². The van der Waals surface area contributed by atoms with Crippen LogP contribution in [0.25, 0.3) is 0 Å². The molecule has 0 saturated heterocycles. The third kappa shape index (κ3) is 4.16. The molecule has 0 spiro atoms. The molecule has 0 bridgehead atoms. The molecule has 0 aromatic heterocycles. The van der Waals surface area contributed by atoms with Crippen LogP contribution in [-0.2, 0) is 10.0 Å². The highest BCUT2D eigenvalue weighted by atomic mass is 32.2. The zero-order valence-electron chi connectivity index (χ0n) is 11.1. The first kappa shape index (κ1) is 14.2. The van der Waals surface area contributed by atoms with Crippen molar-refractivity contribution in [2.75, 3.05) is 19.6 Å². The fourth-order valence-corrected chi connectivity index (χ4v) is 3.08. The van der Waals surface area contributed by atoms with Crippen LogP contribution in [0.4, 0.5) is 0 Å². The molecule has 5 heteroatoms.